The standard InChI is InChI=1S/C24H26N6O/c1-3-15-7-8-17-11-19(26)22(28-20(17)10-15)24(31)29-21-13-27-12-16(4-2)23(21)30-9-5-6-18(25)14-30/h2,7-8,10-13,18H,3,5-6,9,14,25-26H2,1H3,(H,29,31)/t18-/m0/s1. The van der Waals surface area contributed by atoms with Gasteiger partial charge in [-0.25, -0.2) is 4.98 Å². The van der Waals surface area contributed by atoms with Crippen molar-refractivity contribution in [2.75, 3.05) is 29.0 Å². The number of pyridine rings is 2. The van der Waals surface area contributed by atoms with Gasteiger partial charge in [-0.2, -0.15) is 0 Å². The first kappa shape index (κ1) is 20.6. The van der Waals surface area contributed by atoms with Gasteiger partial charge in [-0.1, -0.05) is 25.0 Å². The lowest BCUT2D eigenvalue weighted by Gasteiger charge is -2.34. The van der Waals surface area contributed by atoms with Gasteiger partial charge in [-0.3, -0.25) is 9.78 Å². The third kappa shape index (κ3) is 4.16. The van der Waals surface area contributed by atoms with Crippen molar-refractivity contribution in [3.63, 3.8) is 0 Å². The molecule has 1 aliphatic heterocycles. The lowest BCUT2D eigenvalue weighted by molar-refractivity contribution is 0.102. The van der Waals surface area contributed by atoms with E-state index < -0.39 is 5.91 Å². The highest BCUT2D eigenvalue weighted by molar-refractivity contribution is 6.09. The van der Waals surface area contributed by atoms with Crippen LogP contribution in [0.15, 0.2) is 36.7 Å². The van der Waals surface area contributed by atoms with Crippen LogP contribution in [0.2, 0.25) is 0 Å². The van der Waals surface area contributed by atoms with Gasteiger partial charge in [0.1, 0.15) is 0 Å². The van der Waals surface area contributed by atoms with Crippen LogP contribution in [0.25, 0.3) is 10.9 Å². The predicted octanol–water partition coefficient (Wildman–Crippen LogP) is 2.94. The maximum atomic E-state index is 13.2. The molecule has 1 amide bonds. The summed E-state index contributed by atoms with van der Waals surface area (Å²) in [6.07, 6.45) is 11.8. The van der Waals surface area contributed by atoms with Gasteiger partial charge < -0.3 is 21.7 Å². The van der Waals surface area contributed by atoms with Crippen molar-refractivity contribution >= 4 is 33.9 Å². The monoisotopic (exact) mass is 414 g/mol. The fourth-order valence-electron chi connectivity index (χ4n) is 4.02. The minimum absolute atomic E-state index is 0.0571. The lowest BCUT2D eigenvalue weighted by Crippen LogP contribution is -2.43. The van der Waals surface area contributed by atoms with E-state index in [0.717, 1.165) is 48.0 Å². The number of nitrogens with zero attached hydrogens (tertiary/aromatic N) is 3. The Kier molecular flexibility index (Phi) is 5.74. The van der Waals surface area contributed by atoms with Crippen molar-refractivity contribution in [3.8, 4) is 12.3 Å². The fraction of sp³-hybridized carbons (Fsp3) is 0.292. The van der Waals surface area contributed by atoms with Gasteiger partial charge in [-0.05, 0) is 37.0 Å². The Morgan fingerprint density at radius 2 is 2.19 bits per heavy atom. The number of nitrogens with two attached hydrogens (primary N) is 2. The Balaban J connectivity index is 1.70. The molecule has 7 heteroatoms. The van der Waals surface area contributed by atoms with Crippen molar-refractivity contribution in [2.24, 2.45) is 5.73 Å². The molecule has 3 aromatic rings. The number of fused-ring (bicyclic) bond motifs is 1. The summed E-state index contributed by atoms with van der Waals surface area (Å²) in [5.41, 5.74) is 16.6. The van der Waals surface area contributed by atoms with Crippen LogP contribution < -0.4 is 21.7 Å². The number of carbonyl (C=O) groups excluding carboxylic acids is 1. The van der Waals surface area contributed by atoms with E-state index in [-0.39, 0.29) is 11.7 Å². The first-order valence-electron chi connectivity index (χ1n) is 10.5. The second-order valence-electron chi connectivity index (χ2n) is 7.84. The molecular weight excluding hydrogens is 388 g/mol. The summed E-state index contributed by atoms with van der Waals surface area (Å²) in [6, 6.07) is 7.82. The molecule has 31 heavy (non-hydrogen) atoms. The summed E-state index contributed by atoms with van der Waals surface area (Å²) < 4.78 is 0. The zero-order chi connectivity index (χ0) is 22.0. The molecule has 0 aliphatic carbocycles. The minimum atomic E-state index is -0.403. The summed E-state index contributed by atoms with van der Waals surface area (Å²) in [5, 5.41) is 3.82. The fourth-order valence-corrected chi connectivity index (χ4v) is 4.02. The van der Waals surface area contributed by atoms with Crippen LogP contribution in [0.3, 0.4) is 0 Å². The van der Waals surface area contributed by atoms with Crippen molar-refractivity contribution in [1.82, 2.24) is 9.97 Å². The molecule has 1 atom stereocenters. The quantitative estimate of drug-likeness (QED) is 0.566. The van der Waals surface area contributed by atoms with E-state index in [0.29, 0.717) is 23.5 Å². The van der Waals surface area contributed by atoms with E-state index in [1.807, 2.05) is 18.2 Å². The molecule has 5 N–H and O–H groups in total. The second-order valence-corrected chi connectivity index (χ2v) is 7.84. The van der Waals surface area contributed by atoms with Gasteiger partial charge in [0, 0.05) is 30.7 Å². The van der Waals surface area contributed by atoms with Crippen molar-refractivity contribution in [1.29, 1.82) is 0 Å². The molecule has 0 saturated carbocycles. The summed E-state index contributed by atoms with van der Waals surface area (Å²) in [6.45, 7) is 3.55. The van der Waals surface area contributed by atoms with Gasteiger partial charge in [0.15, 0.2) is 5.69 Å². The number of amides is 1. The summed E-state index contributed by atoms with van der Waals surface area (Å²) in [4.78, 5) is 24.0. The number of piperidine rings is 1. The number of aromatic nitrogens is 2. The SMILES string of the molecule is C#Cc1cncc(NC(=O)c2nc3cc(CC)ccc3cc2N)c1N1CCC[C@H](N)C1. The number of anilines is 3. The number of benzene rings is 1. The number of nitrogens with one attached hydrogen (secondary N) is 1. The highest BCUT2D eigenvalue weighted by atomic mass is 16.1. The average Bonchev–Trinajstić information content (AvgIpc) is 2.78. The van der Waals surface area contributed by atoms with Crippen molar-refractivity contribution in [2.45, 2.75) is 32.2 Å². The van der Waals surface area contributed by atoms with Crippen LogP contribution >= 0.6 is 0 Å². The molecule has 0 bridgehead atoms. The Labute approximate surface area is 181 Å². The first-order chi connectivity index (χ1) is 15.0. The smallest absolute Gasteiger partial charge is 0.276 e. The highest BCUT2D eigenvalue weighted by Gasteiger charge is 2.24. The number of aryl methyl sites for hydroxylation is 1. The van der Waals surface area contributed by atoms with E-state index in [1.54, 1.807) is 18.5 Å². The molecule has 7 nitrogen and oxygen atoms in total. The van der Waals surface area contributed by atoms with Gasteiger partial charge in [0.2, 0.25) is 0 Å². The molecule has 3 heterocycles. The molecule has 0 unspecified atom stereocenters. The van der Waals surface area contributed by atoms with E-state index in [1.165, 1.54) is 0 Å². The molecule has 0 spiro atoms. The van der Waals surface area contributed by atoms with Crippen LogP contribution in [0.1, 0.15) is 41.4 Å². The first-order valence-corrected chi connectivity index (χ1v) is 10.5. The normalized spacial score (nSPS) is 16.2. The molecule has 1 aromatic carbocycles. The number of nitrogen functional groups attached to an aromatic ring is 1. The summed E-state index contributed by atoms with van der Waals surface area (Å²) in [7, 11) is 0. The van der Waals surface area contributed by atoms with E-state index >= 15 is 0 Å². The minimum Gasteiger partial charge on any atom is -0.397 e. The third-order valence-electron chi connectivity index (χ3n) is 5.63. The molecule has 158 valence electrons. The zero-order valence-corrected chi connectivity index (χ0v) is 17.6. The summed E-state index contributed by atoms with van der Waals surface area (Å²) in [5.74, 6) is 2.27. The Morgan fingerprint density at radius 3 is 2.94 bits per heavy atom. The lowest BCUT2D eigenvalue weighted by atomic mass is 10.0. The number of hydrogen-bond donors (Lipinski definition) is 3. The average molecular weight is 415 g/mol. The van der Waals surface area contributed by atoms with Gasteiger partial charge in [0.25, 0.3) is 5.91 Å². The molecule has 1 fully saturated rings. The van der Waals surface area contributed by atoms with Crippen LogP contribution in [0.5, 0.6) is 0 Å². The molecule has 4 rings (SSSR count). The number of hydrogen-bond acceptors (Lipinski definition) is 6. The molecule has 2 aromatic heterocycles. The van der Waals surface area contributed by atoms with Crippen LogP contribution in [-0.2, 0) is 6.42 Å². The second kappa shape index (κ2) is 8.62. The third-order valence-corrected chi connectivity index (χ3v) is 5.63. The largest absolute Gasteiger partial charge is 0.397 e. The van der Waals surface area contributed by atoms with Gasteiger partial charge >= 0.3 is 0 Å². The van der Waals surface area contributed by atoms with E-state index in [2.05, 4.69) is 33.0 Å². The Bertz CT molecular complexity index is 1180. The maximum absolute atomic E-state index is 13.2. The van der Waals surface area contributed by atoms with Gasteiger partial charge in [0.05, 0.1) is 34.3 Å². The predicted molar refractivity (Wildman–Crippen MR) is 125 cm³/mol. The topological polar surface area (TPSA) is 110 Å². The number of terminal acetylenes is 1. The van der Waals surface area contributed by atoms with Crippen LogP contribution in [0.4, 0.5) is 17.1 Å². The molecule has 0 radical (unpaired) electrons. The van der Waals surface area contributed by atoms with Gasteiger partial charge in [-0.15, -0.1) is 6.42 Å². The number of rotatable bonds is 4. The number of carbonyl (C=O) groups is 1. The Hall–Kier alpha value is -3.63. The Morgan fingerprint density at radius 1 is 1.35 bits per heavy atom. The van der Waals surface area contributed by atoms with E-state index in [4.69, 9.17) is 17.9 Å². The highest BCUT2D eigenvalue weighted by Crippen LogP contribution is 2.32. The zero-order valence-electron chi connectivity index (χ0n) is 17.6. The summed E-state index contributed by atoms with van der Waals surface area (Å²) >= 11 is 0. The molecule has 1 saturated heterocycles. The van der Waals surface area contributed by atoms with Crippen LogP contribution in [-0.4, -0.2) is 35.0 Å². The molecular formula is C24H26N6O. The van der Waals surface area contributed by atoms with Crippen molar-refractivity contribution in [3.05, 3.63) is 53.5 Å². The van der Waals surface area contributed by atoms with Crippen molar-refractivity contribution < 1.29 is 4.79 Å². The van der Waals surface area contributed by atoms with E-state index in [9.17, 15) is 4.79 Å². The van der Waals surface area contributed by atoms with Crippen LogP contribution in [0, 0.1) is 12.3 Å². The maximum Gasteiger partial charge on any atom is 0.276 e. The molecule has 1 aliphatic rings.